The summed E-state index contributed by atoms with van der Waals surface area (Å²) in [5.74, 6) is 0.305. The van der Waals surface area contributed by atoms with Crippen LogP contribution in [0.2, 0.25) is 0 Å². The van der Waals surface area contributed by atoms with Gasteiger partial charge >= 0.3 is 0 Å². The first-order chi connectivity index (χ1) is 5.65. The fourth-order valence-corrected chi connectivity index (χ4v) is 0.765. The standard InChI is InChI=1S/C7H6BF2NO/c1-12-6-3-11-5(7(9)10)2-4(6)8/h2-3,7H,1H3. The van der Waals surface area contributed by atoms with E-state index in [0.717, 1.165) is 6.07 Å². The Morgan fingerprint density at radius 3 is 2.67 bits per heavy atom. The van der Waals surface area contributed by atoms with Gasteiger partial charge in [-0.2, -0.15) is 0 Å². The van der Waals surface area contributed by atoms with Crippen molar-refractivity contribution in [3.8, 4) is 5.75 Å². The summed E-state index contributed by atoms with van der Waals surface area (Å²) in [6.45, 7) is 0. The van der Waals surface area contributed by atoms with Crippen LogP contribution in [0.1, 0.15) is 12.1 Å². The molecule has 0 aromatic carbocycles. The van der Waals surface area contributed by atoms with E-state index in [-0.39, 0.29) is 11.2 Å². The van der Waals surface area contributed by atoms with Crippen molar-refractivity contribution < 1.29 is 13.5 Å². The second-order valence-corrected chi connectivity index (χ2v) is 2.15. The van der Waals surface area contributed by atoms with E-state index in [1.165, 1.54) is 13.3 Å². The van der Waals surface area contributed by atoms with Gasteiger partial charge in [0, 0.05) is 0 Å². The molecule has 2 radical (unpaired) electrons. The van der Waals surface area contributed by atoms with Crippen LogP contribution in [-0.2, 0) is 0 Å². The van der Waals surface area contributed by atoms with Gasteiger partial charge in [-0.05, 0) is 6.07 Å². The van der Waals surface area contributed by atoms with Crippen molar-refractivity contribution in [2.45, 2.75) is 6.43 Å². The zero-order valence-electron chi connectivity index (χ0n) is 6.42. The van der Waals surface area contributed by atoms with Crippen LogP contribution in [0.4, 0.5) is 8.78 Å². The highest BCUT2D eigenvalue weighted by Gasteiger charge is 2.09. The van der Waals surface area contributed by atoms with E-state index in [4.69, 9.17) is 12.6 Å². The van der Waals surface area contributed by atoms with Gasteiger partial charge in [0.2, 0.25) is 0 Å². The summed E-state index contributed by atoms with van der Waals surface area (Å²) in [4.78, 5) is 3.45. The fraction of sp³-hybridized carbons (Fsp3) is 0.286. The Labute approximate surface area is 70.0 Å². The minimum atomic E-state index is -2.60. The van der Waals surface area contributed by atoms with Gasteiger partial charge in [0.1, 0.15) is 19.3 Å². The number of rotatable bonds is 2. The summed E-state index contributed by atoms with van der Waals surface area (Å²) >= 11 is 0. The molecule has 1 aromatic heterocycles. The Morgan fingerprint density at radius 1 is 1.58 bits per heavy atom. The summed E-state index contributed by atoms with van der Waals surface area (Å²) in [5, 5.41) is 0. The number of pyridine rings is 1. The zero-order chi connectivity index (χ0) is 9.14. The Morgan fingerprint density at radius 2 is 2.25 bits per heavy atom. The Kier molecular flexibility index (Phi) is 2.63. The number of nitrogens with zero attached hydrogens (tertiary/aromatic N) is 1. The number of hydrogen-bond acceptors (Lipinski definition) is 2. The van der Waals surface area contributed by atoms with Gasteiger partial charge in [0.15, 0.2) is 0 Å². The second-order valence-electron chi connectivity index (χ2n) is 2.15. The third kappa shape index (κ3) is 1.72. The van der Waals surface area contributed by atoms with Crippen molar-refractivity contribution in [3.05, 3.63) is 18.0 Å². The molecule has 0 spiro atoms. The third-order valence-electron chi connectivity index (χ3n) is 1.36. The van der Waals surface area contributed by atoms with Gasteiger partial charge in [-0.3, -0.25) is 4.98 Å². The van der Waals surface area contributed by atoms with Crippen molar-refractivity contribution in [2.24, 2.45) is 0 Å². The molecule has 62 valence electrons. The summed E-state index contributed by atoms with van der Waals surface area (Å²) < 4.78 is 28.8. The molecule has 0 atom stereocenters. The highest BCUT2D eigenvalue weighted by molar-refractivity contribution is 6.34. The van der Waals surface area contributed by atoms with Crippen molar-refractivity contribution in [3.63, 3.8) is 0 Å². The molecule has 2 nitrogen and oxygen atoms in total. The molecule has 1 heterocycles. The molecule has 1 rings (SSSR count). The lowest BCUT2D eigenvalue weighted by molar-refractivity contribution is 0.146. The van der Waals surface area contributed by atoms with Crippen molar-refractivity contribution in [1.29, 1.82) is 0 Å². The second kappa shape index (κ2) is 3.52. The lowest BCUT2D eigenvalue weighted by atomic mass is 9.95. The Hall–Kier alpha value is -1.13. The predicted molar refractivity (Wildman–Crippen MR) is 41.1 cm³/mol. The number of methoxy groups -OCH3 is 1. The van der Waals surface area contributed by atoms with E-state index in [0.29, 0.717) is 5.75 Å². The fourth-order valence-electron chi connectivity index (χ4n) is 0.765. The number of aromatic nitrogens is 1. The van der Waals surface area contributed by atoms with Crippen molar-refractivity contribution in [2.75, 3.05) is 7.11 Å². The molecule has 12 heavy (non-hydrogen) atoms. The first-order valence-corrected chi connectivity index (χ1v) is 3.22. The molecule has 5 heteroatoms. The van der Waals surface area contributed by atoms with E-state index in [1.807, 2.05) is 0 Å². The van der Waals surface area contributed by atoms with E-state index in [1.54, 1.807) is 0 Å². The van der Waals surface area contributed by atoms with Gasteiger partial charge in [0.05, 0.1) is 13.3 Å². The molecule has 0 aliphatic heterocycles. The van der Waals surface area contributed by atoms with Gasteiger partial charge in [-0.1, -0.05) is 5.46 Å². The maximum absolute atomic E-state index is 12.0. The quantitative estimate of drug-likeness (QED) is 0.611. The first-order valence-electron chi connectivity index (χ1n) is 3.22. The number of halogens is 2. The maximum atomic E-state index is 12.0. The van der Waals surface area contributed by atoms with Crippen LogP contribution in [-0.4, -0.2) is 19.9 Å². The van der Waals surface area contributed by atoms with Crippen LogP contribution in [0.3, 0.4) is 0 Å². The topological polar surface area (TPSA) is 22.1 Å². The first kappa shape index (κ1) is 8.97. The summed E-state index contributed by atoms with van der Waals surface area (Å²) in [6.07, 6.45) is -1.42. The molecule has 0 fully saturated rings. The molecular formula is C7H6BF2NO. The van der Waals surface area contributed by atoms with E-state index < -0.39 is 6.43 Å². The highest BCUT2D eigenvalue weighted by atomic mass is 19.3. The Bertz CT molecular complexity index is 280. The van der Waals surface area contributed by atoms with Crippen molar-refractivity contribution in [1.82, 2.24) is 4.98 Å². The van der Waals surface area contributed by atoms with E-state index in [9.17, 15) is 8.78 Å². The molecule has 0 N–H and O–H groups in total. The minimum Gasteiger partial charge on any atom is -0.496 e. The average Bonchev–Trinajstić information content (AvgIpc) is 2.04. The number of alkyl halides is 2. The SMILES string of the molecule is [B]c1cc(C(F)F)ncc1OC. The highest BCUT2D eigenvalue weighted by Crippen LogP contribution is 2.16. The molecular weight excluding hydrogens is 163 g/mol. The molecule has 0 bridgehead atoms. The van der Waals surface area contributed by atoms with Crippen LogP contribution in [0.5, 0.6) is 5.75 Å². The lowest BCUT2D eigenvalue weighted by Crippen LogP contribution is -2.09. The Balaban J connectivity index is 3.02. The van der Waals surface area contributed by atoms with Gasteiger partial charge in [0.25, 0.3) is 6.43 Å². The average molecular weight is 169 g/mol. The smallest absolute Gasteiger partial charge is 0.280 e. The van der Waals surface area contributed by atoms with E-state index >= 15 is 0 Å². The molecule has 0 amide bonds. The molecule has 0 saturated carbocycles. The van der Waals surface area contributed by atoms with Crippen LogP contribution < -0.4 is 10.2 Å². The van der Waals surface area contributed by atoms with Crippen LogP contribution in [0.25, 0.3) is 0 Å². The van der Waals surface area contributed by atoms with Crippen molar-refractivity contribution >= 4 is 13.3 Å². The molecule has 0 unspecified atom stereocenters. The van der Waals surface area contributed by atoms with Gasteiger partial charge in [-0.15, -0.1) is 0 Å². The maximum Gasteiger partial charge on any atom is 0.280 e. The van der Waals surface area contributed by atoms with Gasteiger partial charge in [-0.25, -0.2) is 8.78 Å². The van der Waals surface area contributed by atoms with Gasteiger partial charge < -0.3 is 4.74 Å². The predicted octanol–water partition coefficient (Wildman–Crippen LogP) is 0.822. The molecule has 0 aliphatic rings. The van der Waals surface area contributed by atoms with Crippen LogP contribution in [0, 0.1) is 0 Å². The number of hydrogen-bond donors (Lipinski definition) is 0. The molecule has 0 saturated heterocycles. The normalized spacial score (nSPS) is 10.3. The third-order valence-corrected chi connectivity index (χ3v) is 1.36. The molecule has 1 aromatic rings. The zero-order valence-corrected chi connectivity index (χ0v) is 6.42. The summed E-state index contributed by atoms with van der Waals surface area (Å²) in [7, 11) is 6.77. The lowest BCUT2D eigenvalue weighted by Gasteiger charge is -2.05. The largest absolute Gasteiger partial charge is 0.496 e. The summed E-state index contributed by atoms with van der Waals surface area (Å²) in [6, 6.07) is 1.10. The summed E-state index contributed by atoms with van der Waals surface area (Å²) in [5.41, 5.74) is -0.170. The van der Waals surface area contributed by atoms with Crippen LogP contribution >= 0.6 is 0 Å². The number of ether oxygens (including phenoxy) is 1. The monoisotopic (exact) mass is 169 g/mol. The molecule has 0 aliphatic carbocycles. The minimum absolute atomic E-state index is 0.169. The van der Waals surface area contributed by atoms with E-state index in [2.05, 4.69) is 4.98 Å². The van der Waals surface area contributed by atoms with Crippen LogP contribution in [0.15, 0.2) is 12.3 Å².